The van der Waals surface area contributed by atoms with E-state index in [1.807, 2.05) is 12.1 Å². The number of para-hydroxylation sites is 1. The van der Waals surface area contributed by atoms with Gasteiger partial charge in [-0.25, -0.2) is 0 Å². The van der Waals surface area contributed by atoms with Gasteiger partial charge in [0.25, 0.3) is 5.69 Å². The van der Waals surface area contributed by atoms with Gasteiger partial charge in [0, 0.05) is 17.4 Å². The Labute approximate surface area is 118 Å². The zero-order chi connectivity index (χ0) is 13.7. The number of nitrogens with zero attached hydrogens (tertiary/aromatic N) is 1. The summed E-state index contributed by atoms with van der Waals surface area (Å²) in [6.45, 7) is 3.19. The first kappa shape index (κ1) is 14.3. The second-order valence-corrected chi connectivity index (χ2v) is 6.15. The summed E-state index contributed by atoms with van der Waals surface area (Å²) in [4.78, 5) is 11.5. The summed E-state index contributed by atoms with van der Waals surface area (Å²) in [5.41, 5.74) is 0.230. The van der Waals surface area contributed by atoms with Crippen molar-refractivity contribution in [3.05, 3.63) is 34.4 Å². The Kier molecular flexibility index (Phi) is 5.22. The molecule has 19 heavy (non-hydrogen) atoms. The van der Waals surface area contributed by atoms with Crippen LogP contribution in [-0.2, 0) is 0 Å². The molecule has 2 rings (SSSR count). The second kappa shape index (κ2) is 6.91. The molecular weight excluding hydrogens is 260 g/mol. The first-order chi connectivity index (χ1) is 9.22. The molecule has 1 aliphatic carbocycles. The van der Waals surface area contributed by atoms with E-state index in [1.165, 1.54) is 12.8 Å². The van der Waals surface area contributed by atoms with E-state index in [2.05, 4.69) is 12.2 Å². The molecule has 1 aromatic rings. The summed E-state index contributed by atoms with van der Waals surface area (Å²) in [6, 6.07) is 7.54. The number of rotatable bonds is 6. The molecule has 5 heteroatoms. The lowest BCUT2D eigenvalue weighted by atomic mass is 10.2. The SMILES string of the molecule is CCCNC1CCCC1Sc1ccccc1[N+](=O)[O-]. The van der Waals surface area contributed by atoms with Gasteiger partial charge in [-0.05, 0) is 31.9 Å². The van der Waals surface area contributed by atoms with Gasteiger partial charge in [0.15, 0.2) is 0 Å². The number of nitro benzene ring substituents is 1. The van der Waals surface area contributed by atoms with Crippen molar-refractivity contribution in [1.82, 2.24) is 5.32 Å². The Hall–Kier alpha value is -1.07. The second-order valence-electron chi connectivity index (χ2n) is 4.87. The third kappa shape index (κ3) is 3.70. The van der Waals surface area contributed by atoms with Crippen molar-refractivity contribution in [2.75, 3.05) is 6.54 Å². The van der Waals surface area contributed by atoms with E-state index in [0.29, 0.717) is 11.3 Å². The lowest BCUT2D eigenvalue weighted by Crippen LogP contribution is -2.34. The Bertz CT molecular complexity index is 439. The molecule has 0 radical (unpaired) electrons. The Morgan fingerprint density at radius 1 is 1.42 bits per heavy atom. The van der Waals surface area contributed by atoms with Crippen molar-refractivity contribution in [1.29, 1.82) is 0 Å². The first-order valence-electron chi connectivity index (χ1n) is 6.86. The van der Waals surface area contributed by atoms with Crippen LogP contribution in [0.25, 0.3) is 0 Å². The van der Waals surface area contributed by atoms with Gasteiger partial charge < -0.3 is 5.32 Å². The average Bonchev–Trinajstić information content (AvgIpc) is 2.84. The van der Waals surface area contributed by atoms with Gasteiger partial charge in [-0.15, -0.1) is 11.8 Å². The lowest BCUT2D eigenvalue weighted by molar-refractivity contribution is -0.387. The molecule has 1 fully saturated rings. The van der Waals surface area contributed by atoms with Crippen LogP contribution in [0.2, 0.25) is 0 Å². The molecule has 1 aromatic carbocycles. The number of nitrogens with one attached hydrogen (secondary N) is 1. The number of thioether (sulfide) groups is 1. The molecule has 1 aliphatic rings. The van der Waals surface area contributed by atoms with E-state index in [9.17, 15) is 10.1 Å². The van der Waals surface area contributed by atoms with Crippen molar-refractivity contribution in [3.8, 4) is 0 Å². The summed E-state index contributed by atoms with van der Waals surface area (Å²) >= 11 is 1.66. The molecule has 4 nitrogen and oxygen atoms in total. The predicted molar refractivity (Wildman–Crippen MR) is 78.7 cm³/mol. The van der Waals surface area contributed by atoms with Crippen LogP contribution in [0.4, 0.5) is 5.69 Å². The smallest absolute Gasteiger partial charge is 0.282 e. The molecule has 0 aromatic heterocycles. The quantitative estimate of drug-likeness (QED) is 0.639. The molecule has 0 saturated heterocycles. The van der Waals surface area contributed by atoms with Crippen LogP contribution in [0.5, 0.6) is 0 Å². The molecule has 0 bridgehead atoms. The fourth-order valence-electron chi connectivity index (χ4n) is 2.50. The highest BCUT2D eigenvalue weighted by Crippen LogP contribution is 2.38. The number of benzene rings is 1. The van der Waals surface area contributed by atoms with E-state index < -0.39 is 0 Å². The topological polar surface area (TPSA) is 55.2 Å². The summed E-state index contributed by atoms with van der Waals surface area (Å²) in [6.07, 6.45) is 4.65. The Morgan fingerprint density at radius 2 is 2.21 bits per heavy atom. The highest BCUT2D eigenvalue weighted by molar-refractivity contribution is 8.00. The lowest BCUT2D eigenvalue weighted by Gasteiger charge is -2.20. The van der Waals surface area contributed by atoms with E-state index in [0.717, 1.165) is 24.3 Å². The van der Waals surface area contributed by atoms with E-state index in [1.54, 1.807) is 23.9 Å². The van der Waals surface area contributed by atoms with Crippen LogP contribution < -0.4 is 5.32 Å². The van der Waals surface area contributed by atoms with Crippen LogP contribution in [0.15, 0.2) is 29.2 Å². The molecular formula is C14H20N2O2S. The van der Waals surface area contributed by atoms with Crippen molar-refractivity contribution in [3.63, 3.8) is 0 Å². The highest BCUT2D eigenvalue weighted by Gasteiger charge is 2.29. The van der Waals surface area contributed by atoms with Gasteiger partial charge in [0.05, 0.1) is 9.82 Å². The van der Waals surface area contributed by atoms with Crippen molar-refractivity contribution in [2.24, 2.45) is 0 Å². The summed E-state index contributed by atoms with van der Waals surface area (Å²) < 4.78 is 0. The van der Waals surface area contributed by atoms with Gasteiger partial charge in [-0.3, -0.25) is 10.1 Å². The number of hydrogen-bond donors (Lipinski definition) is 1. The largest absolute Gasteiger partial charge is 0.313 e. The number of hydrogen-bond acceptors (Lipinski definition) is 4. The van der Waals surface area contributed by atoms with Crippen LogP contribution in [0.1, 0.15) is 32.6 Å². The fraction of sp³-hybridized carbons (Fsp3) is 0.571. The normalized spacial score (nSPS) is 22.6. The minimum Gasteiger partial charge on any atom is -0.313 e. The van der Waals surface area contributed by atoms with Crippen molar-refractivity contribution >= 4 is 17.4 Å². The fourth-order valence-corrected chi connectivity index (χ4v) is 3.93. The molecule has 0 spiro atoms. The van der Waals surface area contributed by atoms with E-state index in [-0.39, 0.29) is 10.6 Å². The first-order valence-corrected chi connectivity index (χ1v) is 7.73. The average molecular weight is 280 g/mol. The minimum atomic E-state index is -0.286. The van der Waals surface area contributed by atoms with Crippen molar-refractivity contribution < 1.29 is 4.92 Å². The van der Waals surface area contributed by atoms with Crippen LogP contribution in [-0.4, -0.2) is 22.8 Å². The maximum absolute atomic E-state index is 11.0. The van der Waals surface area contributed by atoms with E-state index in [4.69, 9.17) is 0 Å². The van der Waals surface area contributed by atoms with Gasteiger partial charge >= 0.3 is 0 Å². The molecule has 0 heterocycles. The van der Waals surface area contributed by atoms with Crippen LogP contribution in [0.3, 0.4) is 0 Å². The van der Waals surface area contributed by atoms with Crippen LogP contribution in [0, 0.1) is 10.1 Å². The molecule has 2 atom stereocenters. The predicted octanol–water partition coefficient (Wildman–Crippen LogP) is 3.61. The zero-order valence-corrected chi connectivity index (χ0v) is 12.0. The summed E-state index contributed by atoms with van der Waals surface area (Å²) in [5, 5.41) is 15.0. The summed E-state index contributed by atoms with van der Waals surface area (Å²) in [5.74, 6) is 0. The van der Waals surface area contributed by atoms with Gasteiger partial charge in [-0.1, -0.05) is 25.5 Å². The van der Waals surface area contributed by atoms with Gasteiger partial charge in [-0.2, -0.15) is 0 Å². The summed E-state index contributed by atoms with van der Waals surface area (Å²) in [7, 11) is 0. The van der Waals surface area contributed by atoms with E-state index >= 15 is 0 Å². The Morgan fingerprint density at radius 3 is 2.95 bits per heavy atom. The third-order valence-corrected chi connectivity index (χ3v) is 4.92. The molecule has 1 N–H and O–H groups in total. The minimum absolute atomic E-state index is 0.230. The third-order valence-electron chi connectivity index (χ3n) is 3.45. The molecule has 0 aliphatic heterocycles. The van der Waals surface area contributed by atoms with Gasteiger partial charge in [0.1, 0.15) is 0 Å². The molecule has 104 valence electrons. The maximum Gasteiger partial charge on any atom is 0.282 e. The zero-order valence-electron chi connectivity index (χ0n) is 11.2. The number of nitro groups is 1. The molecule has 2 unspecified atom stereocenters. The molecule has 0 amide bonds. The Balaban J connectivity index is 2.05. The molecule has 1 saturated carbocycles. The van der Waals surface area contributed by atoms with Crippen molar-refractivity contribution in [2.45, 2.75) is 48.8 Å². The van der Waals surface area contributed by atoms with Crippen LogP contribution >= 0.6 is 11.8 Å². The monoisotopic (exact) mass is 280 g/mol. The standard InChI is InChI=1S/C14H20N2O2S/c1-2-10-15-11-6-5-9-13(11)19-14-8-4-3-7-12(14)16(17)18/h3-4,7-8,11,13,15H,2,5-6,9-10H2,1H3. The maximum atomic E-state index is 11.0. The highest BCUT2D eigenvalue weighted by atomic mass is 32.2. The van der Waals surface area contributed by atoms with Gasteiger partial charge in [0.2, 0.25) is 0 Å².